The van der Waals surface area contributed by atoms with Gasteiger partial charge >= 0.3 is 5.97 Å². The Kier molecular flexibility index (Phi) is 10.8. The van der Waals surface area contributed by atoms with Gasteiger partial charge in [-0.3, -0.25) is 9.36 Å². The van der Waals surface area contributed by atoms with Crippen molar-refractivity contribution in [1.82, 2.24) is 19.5 Å². The minimum atomic E-state index is -2.18. The first kappa shape index (κ1) is 37.1. The Morgan fingerprint density at radius 2 is 1.54 bits per heavy atom. The minimum Gasteiger partial charge on any atom is -0.497 e. The molecule has 13 heteroatoms. The van der Waals surface area contributed by atoms with Gasteiger partial charge in [-0.15, -0.1) is 0 Å². The fraction of sp³-hybridized carbons (Fsp3) is 0.385. The number of nitrogens with zero attached hydrogens (tertiary/aromatic N) is 4. The molecule has 3 aromatic carbocycles. The minimum absolute atomic E-state index is 0.0425. The maximum atomic E-state index is 11.7. The summed E-state index contributed by atoms with van der Waals surface area (Å²) in [5, 5.41) is 15.4. The molecule has 5 aromatic rings. The van der Waals surface area contributed by atoms with Crippen molar-refractivity contribution in [2.75, 3.05) is 25.8 Å². The summed E-state index contributed by atoms with van der Waals surface area (Å²) in [7, 11) is -0.538. The Labute approximate surface area is 305 Å². The van der Waals surface area contributed by atoms with Gasteiger partial charge in [0.25, 0.3) is 0 Å². The van der Waals surface area contributed by atoms with E-state index < -0.39 is 44.4 Å². The van der Waals surface area contributed by atoms with Crippen molar-refractivity contribution in [3.63, 3.8) is 0 Å². The average molecular weight is 726 g/mol. The number of fused-ring (bicyclic) bond motifs is 1. The third-order valence-corrected chi connectivity index (χ3v) is 14.6. The molecule has 274 valence electrons. The summed E-state index contributed by atoms with van der Waals surface area (Å²) in [5.41, 5.74) is 2.90. The fourth-order valence-electron chi connectivity index (χ4n) is 6.23. The van der Waals surface area contributed by atoms with Gasteiger partial charge in [-0.1, -0.05) is 93.6 Å². The number of benzene rings is 3. The molecule has 2 aromatic heterocycles. The molecule has 2 unspecified atom stereocenters. The zero-order chi connectivity index (χ0) is 37.1. The van der Waals surface area contributed by atoms with E-state index in [-0.39, 0.29) is 18.4 Å². The van der Waals surface area contributed by atoms with E-state index in [0.29, 0.717) is 17.0 Å². The van der Waals surface area contributed by atoms with Crippen molar-refractivity contribution in [3.05, 3.63) is 114 Å². The SMILES string of the molecule is COc1ccc(C(Nc2ncnc3c2ncn3[C@@H]2O[C@H](CO[Si](C)(C)C(C)(C)C)C(OCOC(C)=O)C2O)(c2ccccc2)c2ccccc2)cc1. The van der Waals surface area contributed by atoms with E-state index in [1.54, 1.807) is 18.0 Å². The van der Waals surface area contributed by atoms with Crippen LogP contribution in [0.2, 0.25) is 18.1 Å². The lowest BCUT2D eigenvalue weighted by Crippen LogP contribution is -2.45. The van der Waals surface area contributed by atoms with Crippen LogP contribution in [0.25, 0.3) is 11.2 Å². The Morgan fingerprint density at radius 1 is 0.923 bits per heavy atom. The molecule has 0 spiro atoms. The summed E-state index contributed by atoms with van der Waals surface area (Å²) in [4.78, 5) is 25.6. The number of carbonyl (C=O) groups is 1. The van der Waals surface area contributed by atoms with Gasteiger partial charge in [0.15, 0.2) is 38.3 Å². The number of hydrogen-bond acceptors (Lipinski definition) is 11. The molecule has 1 fully saturated rings. The number of aliphatic hydroxyl groups excluding tert-OH is 1. The number of rotatable bonds is 13. The van der Waals surface area contributed by atoms with Crippen molar-refractivity contribution in [2.24, 2.45) is 0 Å². The molecule has 4 atom stereocenters. The second-order valence-electron chi connectivity index (χ2n) is 14.4. The van der Waals surface area contributed by atoms with Crippen molar-refractivity contribution in [2.45, 2.75) is 75.9 Å². The van der Waals surface area contributed by atoms with E-state index >= 15 is 0 Å². The van der Waals surface area contributed by atoms with Crippen LogP contribution in [-0.2, 0) is 29.0 Å². The lowest BCUT2D eigenvalue weighted by Gasteiger charge is -2.37. The van der Waals surface area contributed by atoms with Gasteiger partial charge < -0.3 is 33.8 Å². The number of nitrogens with one attached hydrogen (secondary N) is 1. The van der Waals surface area contributed by atoms with E-state index in [1.807, 2.05) is 60.7 Å². The number of hydrogen-bond donors (Lipinski definition) is 2. The fourth-order valence-corrected chi connectivity index (χ4v) is 7.25. The number of aliphatic hydroxyl groups is 1. The van der Waals surface area contributed by atoms with Crippen molar-refractivity contribution in [3.8, 4) is 5.75 Å². The number of aromatic nitrogens is 4. The van der Waals surface area contributed by atoms with E-state index in [1.165, 1.54) is 13.3 Å². The highest BCUT2D eigenvalue weighted by Gasteiger charge is 2.48. The van der Waals surface area contributed by atoms with Gasteiger partial charge in [-0.25, -0.2) is 15.0 Å². The van der Waals surface area contributed by atoms with Gasteiger partial charge in [0.05, 0.1) is 20.0 Å². The summed E-state index contributed by atoms with van der Waals surface area (Å²) in [5.74, 6) is 0.716. The quantitative estimate of drug-likeness (QED) is 0.0602. The van der Waals surface area contributed by atoms with Crippen molar-refractivity contribution < 1.29 is 33.3 Å². The number of esters is 1. The van der Waals surface area contributed by atoms with Gasteiger partial charge in [0, 0.05) is 6.92 Å². The van der Waals surface area contributed by atoms with Crippen LogP contribution in [-0.4, -0.2) is 77.7 Å². The van der Waals surface area contributed by atoms with Crippen LogP contribution in [0.1, 0.15) is 50.6 Å². The van der Waals surface area contributed by atoms with Crippen LogP contribution in [0.4, 0.5) is 5.82 Å². The number of ether oxygens (including phenoxy) is 4. The van der Waals surface area contributed by atoms with Crippen molar-refractivity contribution >= 4 is 31.3 Å². The number of imidazole rings is 1. The van der Waals surface area contributed by atoms with E-state index in [9.17, 15) is 9.90 Å². The first-order valence-corrected chi connectivity index (χ1v) is 20.2. The van der Waals surface area contributed by atoms with Gasteiger partial charge in [-0.2, -0.15) is 0 Å². The average Bonchev–Trinajstić information content (AvgIpc) is 3.70. The van der Waals surface area contributed by atoms with Crippen LogP contribution in [0, 0.1) is 0 Å². The second-order valence-corrected chi connectivity index (χ2v) is 19.2. The standard InChI is InChI=1S/C39H47N5O7Si/c1-26(45)48-25-49-34-31(22-50-52(6,7)38(2,3)4)51-37(33(34)46)44-24-42-32-35(40-23-41-36(32)44)43-39(27-14-10-8-11-15-27,28-16-12-9-13-17-28)29-18-20-30(47-5)21-19-29/h8-21,23-24,31,33-34,37,46H,22,25H2,1-7H3,(H,40,41,43)/t31-,33?,34?,37-/m1/s1. The molecule has 1 aliphatic heterocycles. The molecule has 52 heavy (non-hydrogen) atoms. The highest BCUT2D eigenvalue weighted by molar-refractivity contribution is 6.74. The number of carbonyl (C=O) groups excluding carboxylic acids is 1. The summed E-state index contributed by atoms with van der Waals surface area (Å²) in [6, 6.07) is 28.2. The molecular formula is C39H47N5O7Si. The molecule has 0 saturated carbocycles. The molecule has 1 aliphatic rings. The normalized spacial score (nSPS) is 19.5. The highest BCUT2D eigenvalue weighted by Crippen LogP contribution is 2.42. The molecule has 0 amide bonds. The maximum Gasteiger partial charge on any atom is 0.304 e. The predicted octanol–water partition coefficient (Wildman–Crippen LogP) is 6.42. The first-order valence-electron chi connectivity index (χ1n) is 17.3. The summed E-state index contributed by atoms with van der Waals surface area (Å²) in [6.45, 7) is 11.9. The Hall–Kier alpha value is -4.66. The van der Waals surface area contributed by atoms with Crippen LogP contribution in [0.15, 0.2) is 97.6 Å². The van der Waals surface area contributed by atoms with Gasteiger partial charge in [-0.05, 0) is 47.0 Å². The molecule has 12 nitrogen and oxygen atoms in total. The zero-order valence-corrected chi connectivity index (χ0v) is 31.6. The molecule has 0 bridgehead atoms. The summed E-state index contributed by atoms with van der Waals surface area (Å²) < 4.78 is 31.1. The van der Waals surface area contributed by atoms with Crippen LogP contribution in [0.3, 0.4) is 0 Å². The topological polar surface area (TPSA) is 139 Å². The third kappa shape index (κ3) is 7.32. The Balaban J connectivity index is 1.40. The lowest BCUT2D eigenvalue weighted by molar-refractivity contribution is -0.166. The first-order chi connectivity index (χ1) is 24.9. The number of anilines is 1. The largest absolute Gasteiger partial charge is 0.497 e. The molecular weight excluding hydrogens is 679 g/mol. The monoisotopic (exact) mass is 725 g/mol. The van der Waals surface area contributed by atoms with Gasteiger partial charge in [0.1, 0.15) is 35.9 Å². The maximum absolute atomic E-state index is 11.7. The van der Waals surface area contributed by atoms with Crippen LogP contribution in [0.5, 0.6) is 5.75 Å². The molecule has 6 rings (SSSR count). The van der Waals surface area contributed by atoms with Gasteiger partial charge in [0.2, 0.25) is 0 Å². The highest BCUT2D eigenvalue weighted by atomic mass is 28.4. The number of methoxy groups -OCH3 is 1. The Bertz CT molecular complexity index is 1910. The van der Waals surface area contributed by atoms with Crippen molar-refractivity contribution in [1.29, 1.82) is 0 Å². The smallest absolute Gasteiger partial charge is 0.304 e. The summed E-state index contributed by atoms with van der Waals surface area (Å²) >= 11 is 0. The summed E-state index contributed by atoms with van der Waals surface area (Å²) in [6.07, 6.45) is -0.577. The molecule has 2 N–H and O–H groups in total. The zero-order valence-electron chi connectivity index (χ0n) is 30.6. The second kappa shape index (κ2) is 15.1. The van der Waals surface area contributed by atoms with E-state index in [0.717, 1.165) is 22.4 Å². The molecule has 3 heterocycles. The van der Waals surface area contributed by atoms with Crippen LogP contribution >= 0.6 is 0 Å². The van der Waals surface area contributed by atoms with E-state index in [2.05, 4.69) is 68.4 Å². The molecule has 0 aliphatic carbocycles. The molecule has 1 saturated heterocycles. The van der Waals surface area contributed by atoms with Crippen LogP contribution < -0.4 is 10.1 Å². The third-order valence-electron chi connectivity index (χ3n) is 10.1. The van der Waals surface area contributed by atoms with E-state index in [4.69, 9.17) is 33.3 Å². The lowest BCUT2D eigenvalue weighted by atomic mass is 9.77. The molecule has 0 radical (unpaired) electrons. The Morgan fingerprint density at radius 3 is 2.12 bits per heavy atom. The predicted molar refractivity (Wildman–Crippen MR) is 199 cm³/mol.